The number of esters is 1. The summed E-state index contributed by atoms with van der Waals surface area (Å²) in [5.74, 6) is 0.0356. The first kappa shape index (κ1) is 22.7. The third kappa shape index (κ3) is 4.26. The summed E-state index contributed by atoms with van der Waals surface area (Å²) in [6.07, 6.45) is 5.52. The zero-order valence-electron chi connectivity index (χ0n) is 19.5. The summed E-state index contributed by atoms with van der Waals surface area (Å²) >= 11 is 0. The van der Waals surface area contributed by atoms with Gasteiger partial charge in [-0.05, 0) is 42.0 Å². The second kappa shape index (κ2) is 10.1. The number of methoxy groups -OCH3 is 1. The smallest absolute Gasteiger partial charge is 0.337 e. The minimum absolute atomic E-state index is 0.103. The van der Waals surface area contributed by atoms with Crippen LogP contribution in [0.5, 0.6) is 0 Å². The van der Waals surface area contributed by atoms with Crippen molar-refractivity contribution in [1.82, 2.24) is 4.57 Å². The summed E-state index contributed by atoms with van der Waals surface area (Å²) in [5, 5.41) is 4.33. The number of ether oxygens (including phenoxy) is 3. The monoisotopic (exact) mass is 462 g/mol. The van der Waals surface area contributed by atoms with Crippen molar-refractivity contribution >= 4 is 16.9 Å². The van der Waals surface area contributed by atoms with Crippen LogP contribution in [0.4, 0.5) is 0 Å². The molecule has 2 heterocycles. The van der Waals surface area contributed by atoms with E-state index in [0.717, 1.165) is 40.6 Å². The number of aromatic nitrogens is 1. The summed E-state index contributed by atoms with van der Waals surface area (Å²) in [5.41, 5.74) is 5.69. The molecule has 34 heavy (non-hydrogen) atoms. The molecule has 0 spiro atoms. The van der Waals surface area contributed by atoms with Crippen molar-refractivity contribution in [3.8, 4) is 11.3 Å². The number of hydrogen-bond acceptors (Lipinski definition) is 6. The maximum atomic E-state index is 12.4. The van der Waals surface area contributed by atoms with Gasteiger partial charge >= 0.3 is 5.97 Å². The molecular formula is C27H30N2O5. The molecule has 7 nitrogen and oxygen atoms in total. The molecule has 0 amide bonds. The fourth-order valence-corrected chi connectivity index (χ4v) is 5.53. The quantitative estimate of drug-likeness (QED) is 0.328. The lowest BCUT2D eigenvalue weighted by Crippen LogP contribution is -2.18. The molecule has 0 N–H and O–H groups in total. The van der Waals surface area contributed by atoms with E-state index in [1.807, 2.05) is 36.4 Å². The molecule has 0 bridgehead atoms. The fourth-order valence-electron chi connectivity index (χ4n) is 5.53. The number of nitroso groups, excluding NO2 is 1. The van der Waals surface area contributed by atoms with Crippen LogP contribution in [0.15, 0.2) is 47.6 Å². The van der Waals surface area contributed by atoms with E-state index in [1.165, 1.54) is 31.9 Å². The molecule has 5 rings (SSSR count). The highest BCUT2D eigenvalue weighted by atomic mass is 16.7. The maximum Gasteiger partial charge on any atom is 0.337 e. The van der Waals surface area contributed by atoms with Gasteiger partial charge in [-0.3, -0.25) is 0 Å². The van der Waals surface area contributed by atoms with E-state index in [1.54, 1.807) is 0 Å². The fraction of sp³-hybridized carbons (Fsp3) is 0.444. The van der Waals surface area contributed by atoms with Gasteiger partial charge in [-0.1, -0.05) is 54.8 Å². The van der Waals surface area contributed by atoms with Crippen molar-refractivity contribution < 1.29 is 19.0 Å². The Morgan fingerprint density at radius 1 is 1.09 bits per heavy atom. The van der Waals surface area contributed by atoms with E-state index in [0.29, 0.717) is 31.2 Å². The Kier molecular flexibility index (Phi) is 6.74. The number of benzene rings is 2. The molecule has 1 aliphatic heterocycles. The topological polar surface area (TPSA) is 79.1 Å². The Labute approximate surface area is 199 Å². The molecule has 0 radical (unpaired) electrons. The largest absolute Gasteiger partial charge is 0.465 e. The summed E-state index contributed by atoms with van der Waals surface area (Å²) in [6, 6.07) is 13.8. The lowest BCUT2D eigenvalue weighted by atomic mass is 9.81. The van der Waals surface area contributed by atoms with Crippen LogP contribution in [-0.2, 0) is 27.3 Å². The molecule has 0 atom stereocenters. The lowest BCUT2D eigenvalue weighted by Gasteiger charge is -2.24. The van der Waals surface area contributed by atoms with E-state index in [4.69, 9.17) is 14.2 Å². The maximum absolute atomic E-state index is 12.4. The van der Waals surface area contributed by atoms with Crippen LogP contribution in [0, 0.1) is 4.91 Å². The van der Waals surface area contributed by atoms with Gasteiger partial charge in [-0.2, -0.15) is 4.91 Å². The molecule has 1 aliphatic carbocycles. The summed E-state index contributed by atoms with van der Waals surface area (Å²) in [6.45, 7) is 1.72. The van der Waals surface area contributed by atoms with Gasteiger partial charge in [0.25, 0.3) is 0 Å². The van der Waals surface area contributed by atoms with Crippen molar-refractivity contribution in [3.63, 3.8) is 0 Å². The summed E-state index contributed by atoms with van der Waals surface area (Å²) in [7, 11) is 1.40. The molecular weight excluding hydrogens is 432 g/mol. The average Bonchev–Trinajstić information content (AvgIpc) is 3.51. The molecule has 1 saturated carbocycles. The molecule has 7 heteroatoms. The van der Waals surface area contributed by atoms with Crippen molar-refractivity contribution in [2.24, 2.45) is 5.18 Å². The van der Waals surface area contributed by atoms with Crippen LogP contribution >= 0.6 is 0 Å². The summed E-state index contributed by atoms with van der Waals surface area (Å²) < 4.78 is 18.9. The first-order valence-corrected chi connectivity index (χ1v) is 12.1. The summed E-state index contributed by atoms with van der Waals surface area (Å²) in [4.78, 5) is 23.7. The molecule has 2 fully saturated rings. The first-order valence-electron chi connectivity index (χ1n) is 12.1. The van der Waals surface area contributed by atoms with Crippen molar-refractivity contribution in [3.05, 3.63) is 64.1 Å². The van der Waals surface area contributed by atoms with Crippen molar-refractivity contribution in [1.29, 1.82) is 0 Å². The Bertz CT molecular complexity index is 1190. The minimum Gasteiger partial charge on any atom is -0.465 e. The van der Waals surface area contributed by atoms with Gasteiger partial charge in [0.15, 0.2) is 6.29 Å². The van der Waals surface area contributed by atoms with Crippen molar-refractivity contribution in [2.75, 3.05) is 20.3 Å². The van der Waals surface area contributed by atoms with Gasteiger partial charge in [0, 0.05) is 16.5 Å². The molecule has 0 unspecified atom stereocenters. The van der Waals surface area contributed by atoms with E-state index in [2.05, 4.69) is 15.8 Å². The van der Waals surface area contributed by atoms with E-state index in [-0.39, 0.29) is 18.8 Å². The zero-order valence-corrected chi connectivity index (χ0v) is 19.5. The Morgan fingerprint density at radius 2 is 1.85 bits per heavy atom. The van der Waals surface area contributed by atoms with Gasteiger partial charge in [0.2, 0.25) is 0 Å². The molecule has 2 aliphatic rings. The number of nitrogens with zero attached hydrogens (tertiary/aromatic N) is 2. The highest BCUT2D eigenvalue weighted by Gasteiger charge is 2.30. The predicted octanol–water partition coefficient (Wildman–Crippen LogP) is 5.78. The van der Waals surface area contributed by atoms with Gasteiger partial charge in [-0.15, -0.1) is 0 Å². The molecule has 178 valence electrons. The molecule has 3 aromatic rings. The van der Waals surface area contributed by atoms with Crippen LogP contribution in [0.3, 0.4) is 0 Å². The van der Waals surface area contributed by atoms with Gasteiger partial charge in [-0.25, -0.2) is 4.79 Å². The normalized spacial score (nSPS) is 17.3. The van der Waals surface area contributed by atoms with Crippen LogP contribution < -0.4 is 0 Å². The number of hydrogen-bond donors (Lipinski definition) is 0. The second-order valence-electron chi connectivity index (χ2n) is 9.05. The molecule has 1 saturated heterocycles. The number of carbonyl (C=O) groups is 1. The third-order valence-electron chi connectivity index (χ3n) is 7.07. The Morgan fingerprint density at radius 3 is 2.59 bits per heavy atom. The Hall–Kier alpha value is -3.03. The third-order valence-corrected chi connectivity index (χ3v) is 7.07. The lowest BCUT2D eigenvalue weighted by molar-refractivity contribution is -0.0514. The minimum atomic E-state index is -0.369. The van der Waals surface area contributed by atoms with Crippen molar-refractivity contribution in [2.45, 2.75) is 57.4 Å². The van der Waals surface area contributed by atoms with E-state index >= 15 is 0 Å². The van der Waals surface area contributed by atoms with E-state index < -0.39 is 0 Å². The van der Waals surface area contributed by atoms with E-state index in [9.17, 15) is 9.70 Å². The first-order chi connectivity index (χ1) is 16.7. The second-order valence-corrected chi connectivity index (χ2v) is 9.05. The Balaban J connectivity index is 1.80. The number of rotatable bonds is 7. The molecule has 1 aromatic heterocycles. The highest BCUT2D eigenvalue weighted by molar-refractivity contribution is 5.99. The average molecular weight is 463 g/mol. The van der Waals surface area contributed by atoms with Crippen LogP contribution in [-0.4, -0.2) is 37.1 Å². The van der Waals surface area contributed by atoms with Gasteiger partial charge < -0.3 is 18.8 Å². The van der Waals surface area contributed by atoms with Gasteiger partial charge in [0.1, 0.15) is 6.54 Å². The standard InChI is InChI=1S/C27H30N2O5/c1-32-27(30)19-11-12-22-23(15-19)29(17-24-33-13-14-34-24)26(25(22)18-7-3-2-4-8-18)21-10-6-5-9-20(21)16-28-31/h5-6,9-12,15,18,24H,2-4,7-8,13-14,16-17H2,1H3. The SMILES string of the molecule is COC(=O)c1ccc2c(C3CCCCC3)c(-c3ccccc3CN=O)n(CC3OCCO3)c2c1. The highest BCUT2D eigenvalue weighted by Crippen LogP contribution is 2.45. The van der Waals surface area contributed by atoms with Gasteiger partial charge in [0.05, 0.1) is 38.1 Å². The zero-order chi connectivity index (χ0) is 23.5. The van der Waals surface area contributed by atoms with Crippen LogP contribution in [0.1, 0.15) is 59.5 Å². The number of fused-ring (bicyclic) bond motifs is 1. The van der Waals surface area contributed by atoms with Crippen LogP contribution in [0.2, 0.25) is 0 Å². The predicted molar refractivity (Wildman–Crippen MR) is 130 cm³/mol. The number of carbonyl (C=O) groups excluding carboxylic acids is 1. The molecule has 2 aromatic carbocycles. The van der Waals surface area contributed by atoms with Crippen LogP contribution in [0.25, 0.3) is 22.2 Å².